The summed E-state index contributed by atoms with van der Waals surface area (Å²) in [6.45, 7) is 5.67. The third-order valence-electron chi connectivity index (χ3n) is 4.48. The summed E-state index contributed by atoms with van der Waals surface area (Å²) in [5.41, 5.74) is 1.73. The van der Waals surface area contributed by atoms with Crippen molar-refractivity contribution < 1.29 is 14.8 Å². The Morgan fingerprint density at radius 2 is 2.16 bits per heavy atom. The number of hydrogen-bond donors (Lipinski definition) is 1. The number of fused-ring (bicyclic) bond motifs is 1. The Hall–Kier alpha value is -2.31. The number of imidazole rings is 1. The summed E-state index contributed by atoms with van der Waals surface area (Å²) in [5, 5.41) is 15.3. The lowest BCUT2D eigenvalue weighted by Crippen LogP contribution is -2.82. The molecule has 3 aromatic rings. The van der Waals surface area contributed by atoms with Crippen molar-refractivity contribution in [3.05, 3.63) is 56.9 Å². The van der Waals surface area contributed by atoms with Gasteiger partial charge in [0, 0.05) is 46.9 Å². The highest BCUT2D eigenvalue weighted by atomic mass is 35.5. The fourth-order valence-corrected chi connectivity index (χ4v) is 3.08. The third-order valence-corrected chi connectivity index (χ3v) is 4.76. The maximum Gasteiger partial charge on any atom is 0.339 e. The van der Waals surface area contributed by atoms with E-state index in [2.05, 4.69) is 4.98 Å². The van der Waals surface area contributed by atoms with Gasteiger partial charge in [-0.3, -0.25) is 0 Å². The number of rotatable bonds is 6. The molecule has 0 amide bonds. The largest absolute Gasteiger partial charge is 0.871 e. The van der Waals surface area contributed by atoms with E-state index in [0.29, 0.717) is 23.3 Å². The molecule has 0 bridgehead atoms. The van der Waals surface area contributed by atoms with Gasteiger partial charge in [-0.25, -0.2) is 9.78 Å². The van der Waals surface area contributed by atoms with Crippen LogP contribution >= 0.6 is 11.6 Å². The molecule has 1 aromatic carbocycles. The molecule has 0 saturated carbocycles. The van der Waals surface area contributed by atoms with E-state index in [1.54, 1.807) is 25.5 Å². The molecule has 6 nitrogen and oxygen atoms in total. The second-order valence-corrected chi connectivity index (χ2v) is 6.53. The molecule has 0 aliphatic rings. The minimum Gasteiger partial charge on any atom is -0.871 e. The Kier molecular flexibility index (Phi) is 5.11. The van der Waals surface area contributed by atoms with Gasteiger partial charge in [-0.05, 0) is 25.5 Å². The van der Waals surface area contributed by atoms with Crippen LogP contribution in [0.25, 0.3) is 11.0 Å². The zero-order valence-corrected chi connectivity index (χ0v) is 15.0. The minimum atomic E-state index is -0.409. The van der Waals surface area contributed by atoms with E-state index in [1.807, 2.05) is 23.0 Å². The lowest BCUT2D eigenvalue weighted by Gasteiger charge is -2.17. The van der Waals surface area contributed by atoms with E-state index in [1.165, 1.54) is 0 Å². The molecule has 0 spiro atoms. The second-order valence-electron chi connectivity index (χ2n) is 6.12. The maximum atomic E-state index is 12.4. The molecule has 0 radical (unpaired) electrons. The van der Waals surface area contributed by atoms with Crippen LogP contribution in [0.5, 0.6) is 5.75 Å². The molecule has 0 aliphatic heterocycles. The third kappa shape index (κ3) is 3.55. The van der Waals surface area contributed by atoms with Crippen LogP contribution in [0.2, 0.25) is 5.02 Å². The van der Waals surface area contributed by atoms with Crippen LogP contribution in [0, 0.1) is 13.8 Å². The summed E-state index contributed by atoms with van der Waals surface area (Å²) in [6.07, 6.45) is 6.38. The van der Waals surface area contributed by atoms with Crippen LogP contribution in [-0.2, 0) is 13.1 Å². The lowest BCUT2D eigenvalue weighted by atomic mass is 10.0. The first kappa shape index (κ1) is 17.5. The monoisotopic (exact) mass is 361 g/mol. The number of aromatic nitrogens is 2. The molecule has 2 N–H and O–H groups in total. The second kappa shape index (κ2) is 7.29. The maximum absolute atomic E-state index is 12.4. The van der Waals surface area contributed by atoms with Gasteiger partial charge in [-0.2, -0.15) is 0 Å². The van der Waals surface area contributed by atoms with Crippen molar-refractivity contribution in [2.75, 3.05) is 6.54 Å². The average Bonchev–Trinajstić information content (AvgIpc) is 3.10. The lowest BCUT2D eigenvalue weighted by molar-refractivity contribution is -0.671. The van der Waals surface area contributed by atoms with Crippen molar-refractivity contribution in [2.45, 2.75) is 33.4 Å². The quantitative estimate of drug-likeness (QED) is 0.532. The summed E-state index contributed by atoms with van der Waals surface area (Å²) < 4.78 is 7.42. The van der Waals surface area contributed by atoms with Crippen LogP contribution in [0.4, 0.5) is 0 Å². The summed E-state index contributed by atoms with van der Waals surface area (Å²) in [7, 11) is 0. The van der Waals surface area contributed by atoms with Crippen LogP contribution in [0.15, 0.2) is 34.0 Å². The Balaban J connectivity index is 1.80. The molecular formula is C18H20ClN3O3. The van der Waals surface area contributed by atoms with Gasteiger partial charge in [0.05, 0.1) is 12.9 Å². The number of aryl methyl sites for hydroxylation is 2. The van der Waals surface area contributed by atoms with Gasteiger partial charge < -0.3 is 19.4 Å². The van der Waals surface area contributed by atoms with Gasteiger partial charge >= 0.3 is 5.63 Å². The highest BCUT2D eigenvalue weighted by Crippen LogP contribution is 2.33. The first-order chi connectivity index (χ1) is 12.0. The summed E-state index contributed by atoms with van der Waals surface area (Å²) in [4.78, 5) is 16.0. The van der Waals surface area contributed by atoms with Crippen LogP contribution in [0.3, 0.4) is 0 Å². The molecule has 0 fully saturated rings. The Morgan fingerprint density at radius 1 is 1.36 bits per heavy atom. The molecule has 0 unspecified atom stereocenters. The average molecular weight is 362 g/mol. The summed E-state index contributed by atoms with van der Waals surface area (Å²) in [6, 6.07) is 1.59. The molecule has 25 heavy (non-hydrogen) atoms. The number of nitrogens with zero attached hydrogens (tertiary/aromatic N) is 2. The van der Waals surface area contributed by atoms with Crippen LogP contribution in [-0.4, -0.2) is 16.1 Å². The minimum absolute atomic E-state index is 0.158. The van der Waals surface area contributed by atoms with Crippen molar-refractivity contribution in [1.29, 1.82) is 0 Å². The fraction of sp³-hybridized carbons (Fsp3) is 0.333. The molecule has 2 heterocycles. The van der Waals surface area contributed by atoms with E-state index in [4.69, 9.17) is 16.0 Å². The van der Waals surface area contributed by atoms with Gasteiger partial charge in [0.2, 0.25) is 0 Å². The molecule has 2 aromatic heterocycles. The molecular weight excluding hydrogens is 342 g/mol. The van der Waals surface area contributed by atoms with Gasteiger partial charge in [-0.1, -0.05) is 17.4 Å². The van der Waals surface area contributed by atoms with E-state index < -0.39 is 5.63 Å². The molecule has 0 aliphatic carbocycles. The van der Waals surface area contributed by atoms with Crippen molar-refractivity contribution >= 4 is 22.6 Å². The highest BCUT2D eigenvalue weighted by Gasteiger charge is 2.15. The first-order valence-electron chi connectivity index (χ1n) is 8.19. The topological polar surface area (TPSA) is 87.7 Å². The number of hydrogen-bond acceptors (Lipinski definition) is 4. The standard InChI is InChI=1S/C18H20ClN3O3/c1-11-12(2)18(24)25-17-13(11)8-15(19)16(23)14(17)9-20-4-3-6-22-7-5-21-10-22/h5,7-8,10,20,23H,3-4,6,9H2,1-2H3. The van der Waals surface area contributed by atoms with Crippen molar-refractivity contribution in [3.63, 3.8) is 0 Å². The summed E-state index contributed by atoms with van der Waals surface area (Å²) >= 11 is 6.11. The molecule has 3 rings (SSSR count). The smallest absolute Gasteiger partial charge is 0.339 e. The van der Waals surface area contributed by atoms with Crippen LogP contribution < -0.4 is 16.0 Å². The molecule has 0 saturated heterocycles. The highest BCUT2D eigenvalue weighted by molar-refractivity contribution is 6.33. The van der Waals surface area contributed by atoms with E-state index in [9.17, 15) is 9.90 Å². The Bertz CT molecular complexity index is 949. The zero-order valence-electron chi connectivity index (χ0n) is 14.2. The molecule has 0 atom stereocenters. The van der Waals surface area contributed by atoms with Gasteiger partial charge in [0.1, 0.15) is 12.1 Å². The Labute approximate surface area is 150 Å². The van der Waals surface area contributed by atoms with Gasteiger partial charge in [0.25, 0.3) is 0 Å². The number of halogens is 1. The van der Waals surface area contributed by atoms with Crippen molar-refractivity contribution in [3.8, 4) is 5.75 Å². The normalized spacial score (nSPS) is 11.3. The van der Waals surface area contributed by atoms with Gasteiger partial charge in [0.15, 0.2) is 0 Å². The fourth-order valence-electron chi connectivity index (χ4n) is 2.86. The number of quaternary nitrogens is 1. The van der Waals surface area contributed by atoms with Crippen LogP contribution in [0.1, 0.15) is 23.1 Å². The van der Waals surface area contributed by atoms with E-state index >= 15 is 0 Å². The first-order valence-corrected chi connectivity index (χ1v) is 8.56. The zero-order chi connectivity index (χ0) is 18.0. The summed E-state index contributed by atoms with van der Waals surface area (Å²) in [5.74, 6) is -0.272. The predicted octanol–water partition coefficient (Wildman–Crippen LogP) is 1.49. The molecule has 7 heteroatoms. The van der Waals surface area contributed by atoms with E-state index in [-0.39, 0.29) is 10.8 Å². The van der Waals surface area contributed by atoms with Crippen molar-refractivity contribution in [2.24, 2.45) is 0 Å². The number of nitrogens with two attached hydrogens (primary N) is 1. The van der Waals surface area contributed by atoms with Gasteiger partial charge in [-0.15, -0.1) is 0 Å². The SMILES string of the molecule is Cc1c(C)c2cc(Cl)c([O-])c(C[NH2+]CCCn3ccnc3)c2oc1=O. The number of benzene rings is 1. The molecule has 132 valence electrons. The van der Waals surface area contributed by atoms with Crippen molar-refractivity contribution in [1.82, 2.24) is 9.55 Å². The Morgan fingerprint density at radius 3 is 2.88 bits per heavy atom. The van der Waals surface area contributed by atoms with E-state index in [0.717, 1.165) is 30.5 Å². The predicted molar refractivity (Wildman–Crippen MR) is 93.8 cm³/mol.